The molecule has 1 unspecified atom stereocenters. The van der Waals surface area contributed by atoms with Crippen LogP contribution in [-0.4, -0.2) is 38.1 Å². The Morgan fingerprint density at radius 2 is 1.90 bits per heavy atom. The Hall–Kier alpha value is -1.63. The van der Waals surface area contributed by atoms with Crippen molar-refractivity contribution < 1.29 is 14.3 Å². The number of rotatable bonds is 6. The van der Waals surface area contributed by atoms with E-state index in [0.29, 0.717) is 17.8 Å². The molecule has 0 saturated carbocycles. The van der Waals surface area contributed by atoms with Gasteiger partial charge in [-0.2, -0.15) is 0 Å². The lowest BCUT2D eigenvalue weighted by Gasteiger charge is -2.11. The summed E-state index contributed by atoms with van der Waals surface area (Å²) in [5, 5.41) is 5.34. The molecular formula is C13H20ClN3O3. The van der Waals surface area contributed by atoms with E-state index in [9.17, 15) is 9.59 Å². The molecule has 0 aliphatic carbocycles. The first-order valence-electron chi connectivity index (χ1n) is 6.02. The van der Waals surface area contributed by atoms with Gasteiger partial charge in [0.1, 0.15) is 6.04 Å². The first-order chi connectivity index (χ1) is 9.08. The molecule has 20 heavy (non-hydrogen) atoms. The predicted octanol–water partition coefficient (Wildman–Crippen LogP) is 0.770. The zero-order chi connectivity index (χ0) is 14.3. The van der Waals surface area contributed by atoms with Gasteiger partial charge in [-0.05, 0) is 31.2 Å². The number of halogens is 1. The van der Waals surface area contributed by atoms with Crippen LogP contribution in [0.15, 0.2) is 24.3 Å². The lowest BCUT2D eigenvalue weighted by molar-refractivity contribution is -0.118. The lowest BCUT2D eigenvalue weighted by Crippen LogP contribution is -2.39. The molecule has 1 atom stereocenters. The summed E-state index contributed by atoms with van der Waals surface area (Å²) >= 11 is 0. The van der Waals surface area contributed by atoms with Crippen molar-refractivity contribution in [3.05, 3.63) is 29.8 Å². The predicted molar refractivity (Wildman–Crippen MR) is 80.2 cm³/mol. The van der Waals surface area contributed by atoms with Crippen molar-refractivity contribution in [2.75, 3.05) is 25.6 Å². The third-order valence-corrected chi connectivity index (χ3v) is 2.43. The second kappa shape index (κ2) is 9.30. The van der Waals surface area contributed by atoms with Gasteiger partial charge in [0, 0.05) is 24.9 Å². The maximum absolute atomic E-state index is 11.6. The van der Waals surface area contributed by atoms with Gasteiger partial charge >= 0.3 is 0 Å². The molecule has 0 heterocycles. The van der Waals surface area contributed by atoms with E-state index in [-0.39, 0.29) is 30.8 Å². The quantitative estimate of drug-likeness (QED) is 0.723. The van der Waals surface area contributed by atoms with Gasteiger partial charge in [-0.1, -0.05) is 0 Å². The van der Waals surface area contributed by atoms with Gasteiger partial charge in [0.2, 0.25) is 5.91 Å². The van der Waals surface area contributed by atoms with E-state index in [1.165, 1.54) is 7.11 Å². The molecule has 0 bridgehead atoms. The van der Waals surface area contributed by atoms with Gasteiger partial charge in [0.15, 0.2) is 0 Å². The van der Waals surface area contributed by atoms with Crippen molar-refractivity contribution in [3.63, 3.8) is 0 Å². The van der Waals surface area contributed by atoms with Gasteiger partial charge in [0.05, 0.1) is 6.61 Å². The minimum Gasteiger partial charge on any atom is -0.383 e. The van der Waals surface area contributed by atoms with Gasteiger partial charge in [0.25, 0.3) is 5.91 Å². The second-order valence-corrected chi connectivity index (χ2v) is 3.99. The van der Waals surface area contributed by atoms with Crippen LogP contribution in [0.5, 0.6) is 0 Å². The average Bonchev–Trinajstić information content (AvgIpc) is 2.40. The second-order valence-electron chi connectivity index (χ2n) is 3.99. The molecule has 1 aromatic rings. The first-order valence-corrected chi connectivity index (χ1v) is 6.02. The number of benzene rings is 1. The number of ether oxygens (including phenoxy) is 1. The van der Waals surface area contributed by atoms with Crippen molar-refractivity contribution in [1.82, 2.24) is 5.32 Å². The van der Waals surface area contributed by atoms with Gasteiger partial charge in [-0.25, -0.2) is 0 Å². The molecule has 0 fully saturated rings. The van der Waals surface area contributed by atoms with E-state index >= 15 is 0 Å². The van der Waals surface area contributed by atoms with Gasteiger partial charge in [-0.15, -0.1) is 12.4 Å². The van der Waals surface area contributed by atoms with Crippen LogP contribution in [0, 0.1) is 0 Å². The van der Waals surface area contributed by atoms with E-state index in [4.69, 9.17) is 10.5 Å². The number of hydrogen-bond donors (Lipinski definition) is 3. The molecular weight excluding hydrogens is 282 g/mol. The third kappa shape index (κ3) is 5.56. The van der Waals surface area contributed by atoms with Gasteiger partial charge in [-0.3, -0.25) is 9.59 Å². The Morgan fingerprint density at radius 1 is 1.30 bits per heavy atom. The summed E-state index contributed by atoms with van der Waals surface area (Å²) in [6.45, 7) is 2.58. The zero-order valence-corrected chi connectivity index (χ0v) is 12.3. The SMILES string of the molecule is CCNC(=O)c1ccc(NC(=O)C(N)COC)cc1.Cl. The smallest absolute Gasteiger partial charge is 0.251 e. The number of amides is 2. The Morgan fingerprint density at radius 3 is 2.40 bits per heavy atom. The third-order valence-electron chi connectivity index (χ3n) is 2.43. The summed E-state index contributed by atoms with van der Waals surface area (Å²) in [5.74, 6) is -0.468. The van der Waals surface area contributed by atoms with Crippen LogP contribution in [-0.2, 0) is 9.53 Å². The molecule has 0 aliphatic rings. The topological polar surface area (TPSA) is 93.5 Å². The number of carbonyl (C=O) groups excluding carboxylic acids is 2. The summed E-state index contributed by atoms with van der Waals surface area (Å²) in [6.07, 6.45) is 0. The van der Waals surface area contributed by atoms with Crippen LogP contribution in [0.4, 0.5) is 5.69 Å². The summed E-state index contributed by atoms with van der Waals surface area (Å²) < 4.78 is 4.80. The van der Waals surface area contributed by atoms with Crippen LogP contribution in [0.25, 0.3) is 0 Å². The molecule has 0 saturated heterocycles. The van der Waals surface area contributed by atoms with E-state index in [1.807, 2.05) is 6.92 Å². The van der Waals surface area contributed by atoms with E-state index in [2.05, 4.69) is 10.6 Å². The molecule has 6 nitrogen and oxygen atoms in total. The molecule has 0 spiro atoms. The highest BCUT2D eigenvalue weighted by molar-refractivity contribution is 5.97. The molecule has 2 amide bonds. The van der Waals surface area contributed by atoms with Crippen LogP contribution < -0.4 is 16.4 Å². The summed E-state index contributed by atoms with van der Waals surface area (Å²) in [7, 11) is 1.48. The van der Waals surface area contributed by atoms with E-state index in [1.54, 1.807) is 24.3 Å². The molecule has 0 radical (unpaired) electrons. The summed E-state index contributed by atoms with van der Waals surface area (Å²) in [5.41, 5.74) is 6.72. The molecule has 0 aliphatic heterocycles. The molecule has 1 rings (SSSR count). The number of hydrogen-bond acceptors (Lipinski definition) is 4. The monoisotopic (exact) mass is 301 g/mol. The van der Waals surface area contributed by atoms with Gasteiger partial charge < -0.3 is 21.1 Å². The number of anilines is 1. The fourth-order valence-electron chi connectivity index (χ4n) is 1.46. The van der Waals surface area contributed by atoms with Crippen LogP contribution >= 0.6 is 12.4 Å². The minimum absolute atomic E-state index is 0. The van der Waals surface area contributed by atoms with Crippen molar-refractivity contribution >= 4 is 29.9 Å². The highest BCUT2D eigenvalue weighted by Crippen LogP contribution is 2.09. The highest BCUT2D eigenvalue weighted by atomic mass is 35.5. The van der Waals surface area contributed by atoms with Crippen molar-refractivity contribution in [2.24, 2.45) is 5.73 Å². The number of carbonyl (C=O) groups is 2. The maximum atomic E-state index is 11.6. The molecule has 112 valence electrons. The summed E-state index contributed by atoms with van der Waals surface area (Å²) in [6, 6.07) is 5.88. The largest absolute Gasteiger partial charge is 0.383 e. The Balaban J connectivity index is 0.00000361. The summed E-state index contributed by atoms with van der Waals surface area (Å²) in [4.78, 5) is 23.2. The standard InChI is InChI=1S/C13H19N3O3.ClH/c1-3-15-12(17)9-4-6-10(7-5-9)16-13(18)11(14)8-19-2;/h4-7,11H,3,8,14H2,1-2H3,(H,15,17)(H,16,18);1H. The Labute approximate surface area is 124 Å². The van der Waals surface area contributed by atoms with Crippen LogP contribution in [0.3, 0.4) is 0 Å². The average molecular weight is 302 g/mol. The molecule has 0 aromatic heterocycles. The van der Waals surface area contributed by atoms with Crippen LogP contribution in [0.1, 0.15) is 17.3 Å². The van der Waals surface area contributed by atoms with E-state index in [0.717, 1.165) is 0 Å². The fourth-order valence-corrected chi connectivity index (χ4v) is 1.46. The fraction of sp³-hybridized carbons (Fsp3) is 0.385. The Bertz CT molecular complexity index is 437. The van der Waals surface area contributed by atoms with E-state index < -0.39 is 6.04 Å². The van der Waals surface area contributed by atoms with Crippen LogP contribution in [0.2, 0.25) is 0 Å². The maximum Gasteiger partial charge on any atom is 0.251 e. The molecule has 1 aromatic carbocycles. The van der Waals surface area contributed by atoms with Crippen molar-refractivity contribution in [2.45, 2.75) is 13.0 Å². The Kier molecular flexibility index (Phi) is 8.54. The normalized spacial score (nSPS) is 11.2. The zero-order valence-electron chi connectivity index (χ0n) is 11.5. The molecule has 4 N–H and O–H groups in total. The highest BCUT2D eigenvalue weighted by Gasteiger charge is 2.13. The van der Waals surface area contributed by atoms with Crippen molar-refractivity contribution in [1.29, 1.82) is 0 Å². The first kappa shape index (κ1) is 18.4. The minimum atomic E-state index is -0.715. The number of nitrogens with one attached hydrogen (secondary N) is 2. The molecule has 7 heteroatoms. The lowest BCUT2D eigenvalue weighted by atomic mass is 10.2. The number of methoxy groups -OCH3 is 1. The number of nitrogens with two attached hydrogens (primary N) is 1. The van der Waals surface area contributed by atoms with Crippen molar-refractivity contribution in [3.8, 4) is 0 Å².